The Balaban J connectivity index is 1.83. The van der Waals surface area contributed by atoms with Crippen molar-refractivity contribution < 1.29 is 19.3 Å². The first-order valence-electron chi connectivity index (χ1n) is 9.87. The van der Waals surface area contributed by atoms with Crippen LogP contribution in [0.15, 0.2) is 97.1 Å². The molecule has 4 rings (SSSR count). The molecule has 0 amide bonds. The van der Waals surface area contributed by atoms with Crippen molar-refractivity contribution in [2.24, 2.45) is 0 Å². The van der Waals surface area contributed by atoms with Gasteiger partial charge in [-0.15, -0.1) is 0 Å². The Morgan fingerprint density at radius 2 is 0.871 bits per heavy atom. The highest BCUT2D eigenvalue weighted by molar-refractivity contribution is 7.80. The molecule has 0 unspecified atom stereocenters. The molecule has 0 aliphatic carbocycles. The Morgan fingerprint density at radius 1 is 0.516 bits per heavy atom. The van der Waals surface area contributed by atoms with Gasteiger partial charge in [-0.2, -0.15) is 0 Å². The molecule has 4 nitrogen and oxygen atoms in total. The van der Waals surface area contributed by atoms with Gasteiger partial charge in [-0.25, -0.2) is 9.79 Å². The van der Waals surface area contributed by atoms with Gasteiger partial charge in [0.15, 0.2) is 10.6 Å². The van der Waals surface area contributed by atoms with Crippen LogP contribution in [-0.4, -0.2) is 24.0 Å². The molecule has 4 aromatic rings. The highest BCUT2D eigenvalue weighted by atomic mass is 31.2. The summed E-state index contributed by atoms with van der Waals surface area (Å²) in [7, 11) is -0.409. The molecule has 0 spiro atoms. The third kappa shape index (κ3) is 4.19. The minimum absolute atomic E-state index is 0.515. The maximum Gasteiger partial charge on any atom is 0.334 e. The Morgan fingerprint density at radius 3 is 1.23 bits per heavy atom. The predicted octanol–water partition coefficient (Wildman–Crippen LogP) is 4.82. The van der Waals surface area contributed by atoms with Crippen LogP contribution in [0.1, 0.15) is 0 Å². The van der Waals surface area contributed by atoms with Gasteiger partial charge in [0.25, 0.3) is 0 Å². The maximum atomic E-state index is 11.6. The summed E-state index contributed by atoms with van der Waals surface area (Å²) in [4.78, 5) is 23.1. The quantitative estimate of drug-likeness (QED) is 0.430. The second-order valence-electron chi connectivity index (χ2n) is 7.09. The van der Waals surface area contributed by atoms with Crippen molar-refractivity contribution in [3.63, 3.8) is 0 Å². The lowest BCUT2D eigenvalue weighted by molar-refractivity contribution is 0.415. The Hall–Kier alpha value is -3.17. The van der Waals surface area contributed by atoms with E-state index in [2.05, 4.69) is 0 Å². The first-order chi connectivity index (χ1) is 15.0. The molecule has 0 aliphatic rings. The summed E-state index contributed by atoms with van der Waals surface area (Å²) < 4.78 is 10.5. The molecule has 0 atom stereocenters. The van der Waals surface area contributed by atoms with Crippen molar-refractivity contribution in [1.29, 1.82) is 0 Å². The van der Waals surface area contributed by atoms with Gasteiger partial charge in [-0.3, -0.25) is 0 Å². The summed E-state index contributed by atoms with van der Waals surface area (Å²) in [6, 6.07) is 30.0. The summed E-state index contributed by atoms with van der Waals surface area (Å²) in [5.41, 5.74) is 3.36. The van der Waals surface area contributed by atoms with E-state index < -0.39 is 7.72 Å². The molecule has 0 saturated carbocycles. The third-order valence-corrected chi connectivity index (χ3v) is 7.41. The lowest BCUT2D eigenvalue weighted by atomic mass is 10.1. The Kier molecular flexibility index (Phi) is 6.06. The van der Waals surface area contributed by atoms with Gasteiger partial charge in [0.2, 0.25) is 0 Å². The zero-order chi connectivity index (χ0) is 21.8. The van der Waals surface area contributed by atoms with Crippen molar-refractivity contribution >= 4 is 18.3 Å². The predicted molar refractivity (Wildman–Crippen MR) is 127 cm³/mol. The summed E-state index contributed by atoms with van der Waals surface area (Å²) in [6.45, 7) is 0. The van der Waals surface area contributed by atoms with Crippen molar-refractivity contribution in [2.75, 3.05) is 14.2 Å². The number of rotatable bonds is 6. The zero-order valence-corrected chi connectivity index (χ0v) is 18.3. The molecule has 0 fully saturated rings. The van der Waals surface area contributed by atoms with Gasteiger partial charge in [0.1, 0.15) is 11.5 Å². The lowest BCUT2D eigenvalue weighted by Crippen LogP contribution is -2.24. The van der Waals surface area contributed by atoms with Crippen LogP contribution >= 0.6 is 7.72 Å². The number of hydrogen-bond acceptors (Lipinski definition) is 4. The van der Waals surface area contributed by atoms with E-state index >= 15 is 0 Å². The fourth-order valence-corrected chi connectivity index (χ4v) is 5.58. The van der Waals surface area contributed by atoms with E-state index in [0.29, 0.717) is 10.6 Å². The largest absolute Gasteiger partial charge is 0.497 e. The number of benzene rings is 4. The van der Waals surface area contributed by atoms with E-state index in [1.54, 1.807) is 26.4 Å². The van der Waals surface area contributed by atoms with Gasteiger partial charge in [0, 0.05) is 11.1 Å². The Labute approximate surface area is 182 Å². The van der Waals surface area contributed by atoms with Crippen LogP contribution in [0.2, 0.25) is 0 Å². The molecule has 0 bridgehead atoms. The van der Waals surface area contributed by atoms with Crippen LogP contribution in [0, 0.1) is 0 Å². The van der Waals surface area contributed by atoms with Gasteiger partial charge in [-0.05, 0) is 47.5 Å². The van der Waals surface area contributed by atoms with E-state index in [-0.39, 0.29) is 0 Å². The summed E-state index contributed by atoms with van der Waals surface area (Å²) >= 11 is 0. The molecule has 156 valence electrons. The second kappa shape index (κ2) is 8.91. The van der Waals surface area contributed by atoms with E-state index in [4.69, 9.17) is 9.47 Å². The molecule has 5 heteroatoms. The molecule has 0 saturated heterocycles. The number of ether oxygens (including phenoxy) is 2. The fraction of sp³-hybridized carbons (Fsp3) is 0.0769. The van der Waals surface area contributed by atoms with Gasteiger partial charge >= 0.3 is 7.72 Å². The van der Waals surface area contributed by atoms with Crippen LogP contribution in [0.3, 0.4) is 0 Å². The molecular formula is C26H24O4P+. The van der Waals surface area contributed by atoms with Crippen LogP contribution in [0.25, 0.3) is 22.3 Å². The molecule has 0 radical (unpaired) electrons. The highest BCUT2D eigenvalue weighted by Crippen LogP contribution is 2.51. The molecule has 2 N–H and O–H groups in total. The first-order valence-corrected chi connectivity index (χ1v) is 11.6. The average Bonchev–Trinajstić information content (AvgIpc) is 2.84. The van der Waals surface area contributed by atoms with E-state index in [1.807, 2.05) is 84.9 Å². The van der Waals surface area contributed by atoms with Gasteiger partial charge in [0.05, 0.1) is 14.2 Å². The summed E-state index contributed by atoms with van der Waals surface area (Å²) in [5.74, 6) is 1.50. The molecular weight excluding hydrogens is 407 g/mol. The first kappa shape index (κ1) is 21.1. The summed E-state index contributed by atoms with van der Waals surface area (Å²) in [5, 5.41) is 1.03. The second-order valence-corrected chi connectivity index (χ2v) is 9.26. The van der Waals surface area contributed by atoms with Crippen LogP contribution < -0.4 is 20.1 Å². The minimum Gasteiger partial charge on any atom is -0.497 e. The van der Waals surface area contributed by atoms with Gasteiger partial charge < -0.3 is 9.47 Å². The molecule has 0 aliphatic heterocycles. The van der Waals surface area contributed by atoms with Crippen molar-refractivity contribution in [3.05, 3.63) is 97.1 Å². The fourth-order valence-electron chi connectivity index (χ4n) is 3.65. The van der Waals surface area contributed by atoms with E-state index in [1.165, 1.54) is 0 Å². The van der Waals surface area contributed by atoms with E-state index in [9.17, 15) is 9.79 Å². The van der Waals surface area contributed by atoms with E-state index in [0.717, 1.165) is 33.8 Å². The van der Waals surface area contributed by atoms with Crippen molar-refractivity contribution in [2.45, 2.75) is 0 Å². The monoisotopic (exact) mass is 431 g/mol. The normalized spacial score (nSPS) is 11.2. The zero-order valence-electron chi connectivity index (χ0n) is 17.4. The number of hydrogen-bond donors (Lipinski definition) is 2. The minimum atomic E-state index is -3.65. The molecule has 0 heterocycles. The smallest absolute Gasteiger partial charge is 0.334 e. The average molecular weight is 431 g/mol. The third-order valence-electron chi connectivity index (χ3n) is 5.28. The standard InChI is InChI=1S/C26H24O4P/c1-29-21-15-11-19(12-16-21)23-7-3-5-9-25(23)31(27,28)26-10-6-4-8-24(26)20-13-17-22(30-2)18-14-20/h3-18,27-28H,1-2H3/q+1. The van der Waals surface area contributed by atoms with Crippen LogP contribution in [-0.2, 0) is 0 Å². The highest BCUT2D eigenvalue weighted by Gasteiger charge is 2.44. The molecule has 0 aromatic heterocycles. The van der Waals surface area contributed by atoms with Crippen LogP contribution in [0.5, 0.6) is 11.5 Å². The summed E-state index contributed by atoms with van der Waals surface area (Å²) in [6.07, 6.45) is 0. The maximum absolute atomic E-state index is 11.6. The molecule has 31 heavy (non-hydrogen) atoms. The SMILES string of the molecule is COc1ccc(-c2ccccc2[P+](O)(O)c2ccccc2-c2ccc(OC)cc2)cc1. The van der Waals surface area contributed by atoms with Crippen molar-refractivity contribution in [3.8, 4) is 33.8 Å². The van der Waals surface area contributed by atoms with Gasteiger partial charge in [-0.1, -0.05) is 60.7 Å². The van der Waals surface area contributed by atoms with Crippen molar-refractivity contribution in [1.82, 2.24) is 0 Å². The van der Waals surface area contributed by atoms with Crippen LogP contribution in [0.4, 0.5) is 0 Å². The molecule has 4 aromatic carbocycles. The Bertz CT molecular complexity index is 1080. The number of methoxy groups -OCH3 is 2. The topological polar surface area (TPSA) is 58.9 Å². The lowest BCUT2D eigenvalue weighted by Gasteiger charge is -2.18.